The van der Waals surface area contributed by atoms with E-state index in [0.29, 0.717) is 29.5 Å². The molecule has 3 aromatic rings. The summed E-state index contributed by atoms with van der Waals surface area (Å²) in [6, 6.07) is 10.1. The number of hydrogen-bond acceptors (Lipinski definition) is 8. The Labute approximate surface area is 199 Å². The molecule has 2 fully saturated rings. The van der Waals surface area contributed by atoms with Gasteiger partial charge in [0.1, 0.15) is 5.82 Å². The summed E-state index contributed by atoms with van der Waals surface area (Å²) in [5.74, 6) is 1.84. The van der Waals surface area contributed by atoms with Crippen LogP contribution in [0.5, 0.6) is 0 Å². The van der Waals surface area contributed by atoms with Crippen molar-refractivity contribution >= 4 is 17.5 Å². The molecule has 0 radical (unpaired) electrons. The predicted molar refractivity (Wildman–Crippen MR) is 131 cm³/mol. The Bertz CT molecular complexity index is 1150. The molecule has 2 aromatic heterocycles. The van der Waals surface area contributed by atoms with E-state index in [-0.39, 0.29) is 0 Å². The van der Waals surface area contributed by atoms with Crippen LogP contribution in [0.4, 0.5) is 17.5 Å². The lowest BCUT2D eigenvalue weighted by atomic mass is 10.1. The molecule has 176 valence electrons. The molecule has 34 heavy (non-hydrogen) atoms. The quantitative estimate of drug-likeness (QED) is 0.487. The Morgan fingerprint density at radius 1 is 1.12 bits per heavy atom. The first kappa shape index (κ1) is 22.3. The third-order valence-electron chi connectivity index (χ3n) is 6.75. The first-order valence-corrected chi connectivity index (χ1v) is 11.9. The first-order valence-electron chi connectivity index (χ1n) is 11.9. The largest absolute Gasteiger partial charge is 0.381 e. The van der Waals surface area contributed by atoms with Crippen molar-refractivity contribution in [3.63, 3.8) is 0 Å². The van der Waals surface area contributed by atoms with Gasteiger partial charge in [0.05, 0.1) is 23.9 Å². The van der Waals surface area contributed by atoms with E-state index < -0.39 is 0 Å². The summed E-state index contributed by atoms with van der Waals surface area (Å²) in [6.45, 7) is 2.27. The fraction of sp³-hybridized carbons (Fsp3) is 0.440. The monoisotopic (exact) mass is 458 g/mol. The third kappa shape index (κ3) is 5.03. The maximum atomic E-state index is 9.03. The fourth-order valence-corrected chi connectivity index (χ4v) is 4.76. The van der Waals surface area contributed by atoms with E-state index in [0.717, 1.165) is 74.5 Å². The highest BCUT2D eigenvalue weighted by Gasteiger charge is 2.25. The molecule has 1 saturated heterocycles. The molecule has 1 aliphatic heterocycles. The maximum Gasteiger partial charge on any atom is 0.229 e. The van der Waals surface area contributed by atoms with Gasteiger partial charge in [0.15, 0.2) is 0 Å². The van der Waals surface area contributed by atoms with Crippen LogP contribution in [0.15, 0.2) is 42.9 Å². The highest BCUT2D eigenvalue weighted by atomic mass is 16.5. The molecule has 2 aliphatic rings. The van der Waals surface area contributed by atoms with Gasteiger partial charge in [-0.3, -0.25) is 4.68 Å². The number of ether oxygens (including phenoxy) is 1. The molecule has 1 saturated carbocycles. The molecule has 0 bridgehead atoms. The number of benzene rings is 1. The highest BCUT2D eigenvalue weighted by Crippen LogP contribution is 2.33. The Morgan fingerprint density at radius 3 is 2.68 bits per heavy atom. The van der Waals surface area contributed by atoms with Crippen LogP contribution in [0.3, 0.4) is 0 Å². The average Bonchev–Trinajstić information content (AvgIpc) is 3.55. The van der Waals surface area contributed by atoms with Crippen LogP contribution in [0.1, 0.15) is 43.7 Å². The summed E-state index contributed by atoms with van der Waals surface area (Å²) >= 11 is 0. The van der Waals surface area contributed by atoms with Gasteiger partial charge in [-0.2, -0.15) is 15.3 Å². The van der Waals surface area contributed by atoms with E-state index >= 15 is 0 Å². The Morgan fingerprint density at radius 2 is 1.94 bits per heavy atom. The van der Waals surface area contributed by atoms with E-state index in [1.165, 1.54) is 0 Å². The van der Waals surface area contributed by atoms with E-state index in [9.17, 15) is 0 Å². The van der Waals surface area contributed by atoms with Gasteiger partial charge >= 0.3 is 0 Å². The zero-order valence-corrected chi connectivity index (χ0v) is 19.2. The highest BCUT2D eigenvalue weighted by molar-refractivity contribution is 5.75. The first-order chi connectivity index (χ1) is 16.7. The molecule has 2 atom stereocenters. The minimum Gasteiger partial charge on any atom is -0.381 e. The second-order valence-electron chi connectivity index (χ2n) is 9.08. The van der Waals surface area contributed by atoms with Gasteiger partial charge in [0, 0.05) is 48.5 Å². The van der Waals surface area contributed by atoms with Crippen molar-refractivity contribution in [1.82, 2.24) is 19.7 Å². The standard InChI is InChI=1S/C25H30N8O/c26-12-17-1-4-20(5-2-17)31-25-28-15-23(24(32-25)30-21-6-3-18(11-21)13-27)19-14-29-33(16-19)22-7-9-34-10-8-22/h1-2,4-5,14-16,18,21-22H,3,6-11,13,27H2,(H2,28,30,31,32). The predicted octanol–water partition coefficient (Wildman–Crippen LogP) is 3.85. The SMILES string of the molecule is N#Cc1ccc(Nc2ncc(-c3cnn(C4CCOCC4)c3)c(NC3CCC(CN)C3)n2)cc1. The molecule has 4 N–H and O–H groups in total. The second kappa shape index (κ2) is 10.2. The van der Waals surface area contributed by atoms with Crippen molar-refractivity contribution in [2.45, 2.75) is 44.2 Å². The van der Waals surface area contributed by atoms with E-state index in [2.05, 4.69) is 33.0 Å². The van der Waals surface area contributed by atoms with Crippen LogP contribution in [-0.4, -0.2) is 45.5 Å². The number of rotatable bonds is 7. The number of hydrogen-bond donors (Lipinski definition) is 3. The van der Waals surface area contributed by atoms with Crippen LogP contribution in [0, 0.1) is 17.2 Å². The number of aromatic nitrogens is 4. The van der Waals surface area contributed by atoms with Crippen molar-refractivity contribution < 1.29 is 4.74 Å². The molecule has 9 nitrogen and oxygen atoms in total. The number of nitrogens with zero attached hydrogens (tertiary/aromatic N) is 5. The van der Waals surface area contributed by atoms with E-state index in [4.69, 9.17) is 20.7 Å². The lowest BCUT2D eigenvalue weighted by molar-refractivity contribution is 0.0662. The van der Waals surface area contributed by atoms with Gasteiger partial charge in [-0.1, -0.05) is 0 Å². The van der Waals surface area contributed by atoms with E-state index in [1.54, 1.807) is 12.1 Å². The molecule has 3 heterocycles. The van der Waals surface area contributed by atoms with E-state index in [1.807, 2.05) is 29.2 Å². The third-order valence-corrected chi connectivity index (χ3v) is 6.75. The minimum absolute atomic E-state index is 0.329. The molecule has 0 amide bonds. The number of anilines is 3. The molecule has 5 rings (SSSR count). The smallest absolute Gasteiger partial charge is 0.229 e. The topological polar surface area (TPSA) is 127 Å². The Kier molecular flexibility index (Phi) is 6.70. The van der Waals surface area contributed by atoms with Gasteiger partial charge in [-0.25, -0.2) is 4.98 Å². The van der Waals surface area contributed by atoms with Gasteiger partial charge < -0.3 is 21.1 Å². The van der Waals surface area contributed by atoms with Crippen LogP contribution in [0.25, 0.3) is 11.1 Å². The Balaban J connectivity index is 1.41. The molecule has 2 unspecified atom stereocenters. The zero-order valence-electron chi connectivity index (χ0n) is 19.2. The lowest BCUT2D eigenvalue weighted by Gasteiger charge is -2.22. The molecule has 1 aromatic carbocycles. The minimum atomic E-state index is 0.329. The van der Waals surface area contributed by atoms with Gasteiger partial charge in [-0.05, 0) is 68.8 Å². The fourth-order valence-electron chi connectivity index (χ4n) is 4.76. The number of nitrogens with one attached hydrogen (secondary N) is 2. The summed E-state index contributed by atoms with van der Waals surface area (Å²) in [7, 11) is 0. The molecule has 0 spiro atoms. The van der Waals surface area contributed by atoms with Gasteiger partial charge in [-0.15, -0.1) is 0 Å². The van der Waals surface area contributed by atoms with Crippen molar-refractivity contribution in [2.75, 3.05) is 30.4 Å². The summed E-state index contributed by atoms with van der Waals surface area (Å²) in [5, 5.41) is 20.6. The summed E-state index contributed by atoms with van der Waals surface area (Å²) < 4.78 is 7.54. The summed E-state index contributed by atoms with van der Waals surface area (Å²) in [4.78, 5) is 9.41. The van der Waals surface area contributed by atoms with Crippen LogP contribution in [-0.2, 0) is 4.74 Å². The Hall–Kier alpha value is -3.48. The molecular weight excluding hydrogens is 428 g/mol. The van der Waals surface area contributed by atoms with Gasteiger partial charge in [0.25, 0.3) is 0 Å². The van der Waals surface area contributed by atoms with Crippen molar-refractivity contribution in [3.8, 4) is 17.2 Å². The second-order valence-corrected chi connectivity index (χ2v) is 9.08. The van der Waals surface area contributed by atoms with Crippen LogP contribution < -0.4 is 16.4 Å². The van der Waals surface area contributed by atoms with Crippen LogP contribution >= 0.6 is 0 Å². The maximum absolute atomic E-state index is 9.03. The van der Waals surface area contributed by atoms with Gasteiger partial charge in [0.2, 0.25) is 5.95 Å². The lowest BCUT2D eigenvalue weighted by Crippen LogP contribution is -2.20. The zero-order chi connectivity index (χ0) is 23.3. The van der Waals surface area contributed by atoms with Crippen molar-refractivity contribution in [2.24, 2.45) is 11.7 Å². The molecule has 9 heteroatoms. The molecule has 1 aliphatic carbocycles. The molecular formula is C25H30N8O. The average molecular weight is 459 g/mol. The van der Waals surface area contributed by atoms with Crippen molar-refractivity contribution in [1.29, 1.82) is 5.26 Å². The number of nitriles is 1. The summed E-state index contributed by atoms with van der Waals surface area (Å²) in [6.07, 6.45) is 11.0. The normalized spacial score (nSPS) is 20.7. The van der Waals surface area contributed by atoms with Crippen LogP contribution in [0.2, 0.25) is 0 Å². The summed E-state index contributed by atoms with van der Waals surface area (Å²) in [5.41, 5.74) is 9.27. The number of nitrogens with two attached hydrogens (primary N) is 1. The van der Waals surface area contributed by atoms with Crippen molar-refractivity contribution in [3.05, 3.63) is 48.4 Å².